The highest BCUT2D eigenvalue weighted by atomic mass is 35.5. The molecule has 0 saturated carbocycles. The molecule has 32 heavy (non-hydrogen) atoms. The number of rotatable bonds is 4. The summed E-state index contributed by atoms with van der Waals surface area (Å²) in [6, 6.07) is 13.4. The summed E-state index contributed by atoms with van der Waals surface area (Å²) in [5.41, 5.74) is 2.54. The summed E-state index contributed by atoms with van der Waals surface area (Å²) in [5, 5.41) is 12.9. The van der Waals surface area contributed by atoms with Crippen molar-refractivity contribution in [2.75, 3.05) is 24.5 Å². The van der Waals surface area contributed by atoms with Crippen molar-refractivity contribution in [3.8, 4) is 0 Å². The lowest BCUT2D eigenvalue weighted by Crippen LogP contribution is -2.44. The van der Waals surface area contributed by atoms with Crippen LogP contribution in [0, 0.1) is 5.82 Å². The molecule has 1 saturated heterocycles. The Morgan fingerprint density at radius 1 is 1.03 bits per heavy atom. The smallest absolute Gasteiger partial charge is 0.251 e. The highest BCUT2D eigenvalue weighted by Crippen LogP contribution is 2.36. The summed E-state index contributed by atoms with van der Waals surface area (Å²) in [6.45, 7) is 1.68. The van der Waals surface area contributed by atoms with Gasteiger partial charge in [-0.3, -0.25) is 9.69 Å². The van der Waals surface area contributed by atoms with E-state index in [0.29, 0.717) is 11.0 Å². The summed E-state index contributed by atoms with van der Waals surface area (Å²) >= 11 is 6.11. The Morgan fingerprint density at radius 3 is 2.47 bits per heavy atom. The van der Waals surface area contributed by atoms with Gasteiger partial charge < -0.3 is 4.90 Å². The van der Waals surface area contributed by atoms with Crippen molar-refractivity contribution in [2.45, 2.75) is 25.3 Å². The molecule has 2 aliphatic heterocycles. The Labute approximate surface area is 190 Å². The van der Waals surface area contributed by atoms with Gasteiger partial charge in [0.05, 0.1) is 5.70 Å². The van der Waals surface area contributed by atoms with Crippen LogP contribution in [-0.2, 0) is 4.79 Å². The van der Waals surface area contributed by atoms with Gasteiger partial charge in [-0.25, -0.2) is 4.39 Å². The van der Waals surface area contributed by atoms with Gasteiger partial charge in [-0.1, -0.05) is 41.0 Å². The van der Waals surface area contributed by atoms with Gasteiger partial charge in [-0.05, 0) is 71.2 Å². The molecule has 3 heterocycles. The zero-order chi connectivity index (χ0) is 22.1. The Balaban J connectivity index is 1.56. The lowest BCUT2D eigenvalue weighted by Gasteiger charge is -2.35. The predicted octanol–water partition coefficient (Wildman–Crippen LogP) is 3.93. The van der Waals surface area contributed by atoms with Gasteiger partial charge in [0.1, 0.15) is 18.4 Å². The third-order valence-corrected chi connectivity index (χ3v) is 6.19. The molecular weight excluding hydrogens is 431 g/mol. The molecule has 0 radical (unpaired) electrons. The topological polar surface area (TPSA) is 67.2 Å². The first-order valence-corrected chi connectivity index (χ1v) is 11.0. The second kappa shape index (κ2) is 8.70. The Hall–Kier alpha value is -3.26. The molecule has 1 amide bonds. The Morgan fingerprint density at radius 2 is 1.75 bits per heavy atom. The van der Waals surface area contributed by atoms with Crippen molar-refractivity contribution in [3.05, 3.63) is 76.6 Å². The molecule has 0 unspecified atom stereocenters. The van der Waals surface area contributed by atoms with Crippen LogP contribution >= 0.6 is 11.6 Å². The highest BCUT2D eigenvalue weighted by molar-refractivity contribution is 6.30. The number of aromatic nitrogens is 4. The van der Waals surface area contributed by atoms with E-state index in [1.807, 2.05) is 40.1 Å². The standard InChI is InChI=1S/C23H22ClFN6O/c24-18-8-4-16(5-9-18)20-14-21(17-6-10-19(25)11-7-17)31-23(26-27-28-31)30(20)15-22(32)29-12-2-1-3-13-29/h4-11,14,21H,1-3,12-13,15H2/t21-/m0/s1. The van der Waals surface area contributed by atoms with Gasteiger partial charge in [0, 0.05) is 18.1 Å². The van der Waals surface area contributed by atoms with Gasteiger partial charge in [-0.2, -0.15) is 4.68 Å². The van der Waals surface area contributed by atoms with Crippen LogP contribution in [0.3, 0.4) is 0 Å². The number of carbonyl (C=O) groups excluding carboxylic acids is 1. The van der Waals surface area contributed by atoms with Crippen molar-refractivity contribution in [1.29, 1.82) is 0 Å². The van der Waals surface area contributed by atoms with Crippen molar-refractivity contribution in [1.82, 2.24) is 25.1 Å². The van der Waals surface area contributed by atoms with Gasteiger partial charge >= 0.3 is 0 Å². The number of halogens is 2. The first kappa shape index (κ1) is 20.6. The van der Waals surface area contributed by atoms with E-state index in [9.17, 15) is 9.18 Å². The van der Waals surface area contributed by atoms with E-state index in [1.54, 1.807) is 16.8 Å². The minimum absolute atomic E-state index is 0.0411. The number of amides is 1. The summed E-state index contributed by atoms with van der Waals surface area (Å²) in [6.07, 6.45) is 5.20. The first-order chi connectivity index (χ1) is 15.6. The molecule has 0 bridgehead atoms. The van der Waals surface area contributed by atoms with E-state index in [4.69, 9.17) is 11.6 Å². The van der Waals surface area contributed by atoms with E-state index in [2.05, 4.69) is 15.5 Å². The van der Waals surface area contributed by atoms with Crippen molar-refractivity contribution in [3.63, 3.8) is 0 Å². The highest BCUT2D eigenvalue weighted by Gasteiger charge is 2.33. The molecular formula is C23H22ClFN6O. The van der Waals surface area contributed by atoms with Crippen LogP contribution in [0.4, 0.5) is 10.3 Å². The average Bonchev–Trinajstić information content (AvgIpc) is 3.31. The first-order valence-electron chi connectivity index (χ1n) is 10.7. The molecule has 0 spiro atoms. The average molecular weight is 453 g/mol. The van der Waals surface area contributed by atoms with Crippen LogP contribution in [0.15, 0.2) is 54.6 Å². The van der Waals surface area contributed by atoms with Crippen LogP contribution in [0.2, 0.25) is 5.02 Å². The number of piperidine rings is 1. The Bertz CT molecular complexity index is 1140. The number of carbonyl (C=O) groups is 1. The zero-order valence-electron chi connectivity index (χ0n) is 17.4. The number of nitrogens with zero attached hydrogens (tertiary/aromatic N) is 6. The number of hydrogen-bond acceptors (Lipinski definition) is 5. The quantitative estimate of drug-likeness (QED) is 0.600. The molecule has 7 nitrogen and oxygen atoms in total. The molecule has 1 atom stereocenters. The number of anilines is 1. The summed E-state index contributed by atoms with van der Waals surface area (Å²) in [7, 11) is 0. The zero-order valence-corrected chi connectivity index (χ0v) is 18.1. The molecule has 164 valence electrons. The van der Waals surface area contributed by atoms with E-state index < -0.39 is 0 Å². The maximum absolute atomic E-state index is 13.5. The number of tetrazole rings is 1. The molecule has 1 fully saturated rings. The van der Waals surface area contributed by atoms with Crippen LogP contribution in [0.25, 0.3) is 5.70 Å². The minimum atomic E-state index is -0.340. The number of benzene rings is 2. The van der Waals surface area contributed by atoms with Gasteiger partial charge in [0.2, 0.25) is 5.91 Å². The number of likely N-dealkylation sites (tertiary alicyclic amines) is 1. The Kier molecular flexibility index (Phi) is 5.61. The molecule has 0 N–H and O–H groups in total. The van der Waals surface area contributed by atoms with E-state index in [-0.39, 0.29) is 24.3 Å². The molecule has 1 aromatic heterocycles. The minimum Gasteiger partial charge on any atom is -0.341 e. The van der Waals surface area contributed by atoms with E-state index in [0.717, 1.165) is 49.2 Å². The number of allylic oxidation sites excluding steroid dienone is 1. The lowest BCUT2D eigenvalue weighted by molar-refractivity contribution is -0.130. The number of hydrogen-bond donors (Lipinski definition) is 0. The summed E-state index contributed by atoms with van der Waals surface area (Å²) in [5.74, 6) is 0.202. The van der Waals surface area contributed by atoms with Crippen molar-refractivity contribution >= 4 is 29.2 Å². The van der Waals surface area contributed by atoms with Crippen molar-refractivity contribution in [2.24, 2.45) is 0 Å². The summed E-state index contributed by atoms with van der Waals surface area (Å²) < 4.78 is 15.2. The van der Waals surface area contributed by atoms with Crippen LogP contribution in [0.1, 0.15) is 36.4 Å². The lowest BCUT2D eigenvalue weighted by atomic mass is 10.0. The van der Waals surface area contributed by atoms with Crippen LogP contribution < -0.4 is 4.90 Å². The predicted molar refractivity (Wildman–Crippen MR) is 120 cm³/mol. The van der Waals surface area contributed by atoms with Crippen LogP contribution in [0.5, 0.6) is 0 Å². The maximum Gasteiger partial charge on any atom is 0.251 e. The second-order valence-electron chi connectivity index (χ2n) is 8.01. The molecule has 0 aliphatic carbocycles. The van der Waals surface area contributed by atoms with Gasteiger partial charge in [0.25, 0.3) is 5.95 Å². The fraction of sp³-hybridized carbons (Fsp3) is 0.304. The molecule has 2 aliphatic rings. The fourth-order valence-corrected chi connectivity index (χ4v) is 4.39. The largest absolute Gasteiger partial charge is 0.341 e. The molecule has 9 heteroatoms. The number of fused-ring (bicyclic) bond motifs is 1. The normalized spacial score (nSPS) is 18.3. The third-order valence-electron chi connectivity index (χ3n) is 5.94. The fourth-order valence-electron chi connectivity index (χ4n) is 4.27. The molecule has 2 aromatic carbocycles. The monoisotopic (exact) mass is 452 g/mol. The van der Waals surface area contributed by atoms with Gasteiger partial charge in [0.15, 0.2) is 0 Å². The van der Waals surface area contributed by atoms with Gasteiger partial charge in [-0.15, -0.1) is 0 Å². The third kappa shape index (κ3) is 3.98. The van der Waals surface area contributed by atoms with Crippen LogP contribution in [-0.4, -0.2) is 50.6 Å². The van der Waals surface area contributed by atoms with E-state index >= 15 is 0 Å². The second-order valence-corrected chi connectivity index (χ2v) is 8.44. The molecule has 3 aromatic rings. The van der Waals surface area contributed by atoms with Crippen molar-refractivity contribution < 1.29 is 9.18 Å². The summed E-state index contributed by atoms with van der Waals surface area (Å²) in [4.78, 5) is 16.9. The molecule has 5 rings (SSSR count). The SMILES string of the molecule is O=C(CN1C(c2ccc(Cl)cc2)=C[C@@H](c2ccc(F)cc2)n2nnnc21)N1CCCCC1. The maximum atomic E-state index is 13.5. The van der Waals surface area contributed by atoms with E-state index in [1.165, 1.54) is 12.1 Å².